The monoisotopic (exact) mass is 534 g/mol. The summed E-state index contributed by atoms with van der Waals surface area (Å²) in [7, 11) is 0. The van der Waals surface area contributed by atoms with Crippen LogP contribution in [-0.4, -0.2) is 78.7 Å². The highest BCUT2D eigenvalue weighted by atomic mass is 16.7. The van der Waals surface area contributed by atoms with E-state index in [4.69, 9.17) is 28.4 Å². The van der Waals surface area contributed by atoms with Gasteiger partial charge in [-0.05, 0) is 13.0 Å². The number of aromatic nitrogens is 1. The summed E-state index contributed by atoms with van der Waals surface area (Å²) in [4.78, 5) is 63.3. The normalized spacial score (nSPS) is 22.7. The Morgan fingerprint density at radius 3 is 2.05 bits per heavy atom. The molecule has 1 fully saturated rings. The fourth-order valence-corrected chi connectivity index (χ4v) is 4.14. The summed E-state index contributed by atoms with van der Waals surface area (Å²) in [5.74, 6) is -3.52. The van der Waals surface area contributed by atoms with Crippen molar-refractivity contribution in [3.05, 3.63) is 30.0 Å². The molecule has 0 radical (unpaired) electrons. The van der Waals surface area contributed by atoms with Crippen LogP contribution in [0.15, 0.2) is 24.3 Å². The number of carbonyl (C=O) groups excluding carboxylic acids is 5. The smallest absolute Gasteiger partial charge is 0.356 e. The lowest BCUT2D eigenvalue weighted by Crippen LogP contribution is -2.64. The third-order valence-corrected chi connectivity index (χ3v) is 5.46. The molecule has 206 valence electrons. The average molecular weight is 535 g/mol. The largest absolute Gasteiger partial charge is 0.463 e. The maximum Gasteiger partial charge on any atom is 0.356 e. The van der Waals surface area contributed by atoms with Crippen molar-refractivity contribution in [2.24, 2.45) is 0 Å². The molecule has 2 heterocycles. The number of ether oxygens (including phenoxy) is 6. The van der Waals surface area contributed by atoms with Crippen LogP contribution in [0.4, 0.5) is 5.69 Å². The number of benzene rings is 1. The van der Waals surface area contributed by atoms with Crippen LogP contribution in [0.25, 0.3) is 10.9 Å². The molecule has 0 bridgehead atoms. The van der Waals surface area contributed by atoms with Gasteiger partial charge in [-0.2, -0.15) is 0 Å². The van der Waals surface area contributed by atoms with Gasteiger partial charge < -0.3 is 38.7 Å². The van der Waals surface area contributed by atoms with Crippen LogP contribution in [0.1, 0.15) is 45.1 Å². The number of hydrogen-bond acceptors (Lipinski definition) is 12. The van der Waals surface area contributed by atoms with Crippen molar-refractivity contribution in [2.45, 2.75) is 65.3 Å². The quantitative estimate of drug-likeness (QED) is 0.354. The van der Waals surface area contributed by atoms with E-state index in [9.17, 15) is 24.0 Å². The highest BCUT2D eigenvalue weighted by Gasteiger charge is 2.52. The number of H-pyrrole nitrogens is 1. The van der Waals surface area contributed by atoms with Crippen LogP contribution >= 0.6 is 0 Å². The topological polar surface area (TPSA) is 169 Å². The number of anilines is 1. The van der Waals surface area contributed by atoms with E-state index in [0.29, 0.717) is 10.9 Å². The van der Waals surface area contributed by atoms with Gasteiger partial charge in [0.2, 0.25) is 0 Å². The molecule has 0 spiro atoms. The van der Waals surface area contributed by atoms with Crippen LogP contribution in [0.2, 0.25) is 0 Å². The van der Waals surface area contributed by atoms with Crippen molar-refractivity contribution in [1.82, 2.24) is 4.98 Å². The molecule has 13 heteroatoms. The molecule has 0 saturated carbocycles. The second-order valence-electron chi connectivity index (χ2n) is 8.41. The molecular weight excluding hydrogens is 504 g/mol. The van der Waals surface area contributed by atoms with Gasteiger partial charge in [0.05, 0.1) is 12.3 Å². The molecule has 13 nitrogen and oxygen atoms in total. The van der Waals surface area contributed by atoms with Gasteiger partial charge >= 0.3 is 29.8 Å². The van der Waals surface area contributed by atoms with Crippen LogP contribution < -0.4 is 5.32 Å². The lowest BCUT2D eigenvalue weighted by atomic mass is 9.97. The summed E-state index contributed by atoms with van der Waals surface area (Å²) in [6.07, 6.45) is -6.41. The Morgan fingerprint density at radius 1 is 0.842 bits per heavy atom. The molecule has 1 aliphatic rings. The minimum absolute atomic E-state index is 0.0703. The van der Waals surface area contributed by atoms with Crippen molar-refractivity contribution in [3.63, 3.8) is 0 Å². The zero-order valence-corrected chi connectivity index (χ0v) is 21.6. The predicted molar refractivity (Wildman–Crippen MR) is 130 cm³/mol. The van der Waals surface area contributed by atoms with Crippen molar-refractivity contribution in [2.75, 3.05) is 18.5 Å². The molecule has 0 amide bonds. The molecule has 1 aliphatic heterocycles. The van der Waals surface area contributed by atoms with Gasteiger partial charge in [-0.1, -0.05) is 18.2 Å². The van der Waals surface area contributed by atoms with Gasteiger partial charge in [-0.3, -0.25) is 19.2 Å². The van der Waals surface area contributed by atoms with E-state index >= 15 is 0 Å². The lowest BCUT2D eigenvalue weighted by Gasteiger charge is -2.44. The Morgan fingerprint density at radius 2 is 1.45 bits per heavy atom. The van der Waals surface area contributed by atoms with Gasteiger partial charge in [-0.25, -0.2) is 4.79 Å². The maximum atomic E-state index is 12.8. The molecule has 0 unspecified atom stereocenters. The Labute approximate surface area is 218 Å². The number of esters is 5. The summed E-state index contributed by atoms with van der Waals surface area (Å²) < 4.78 is 32.7. The van der Waals surface area contributed by atoms with E-state index in [1.807, 2.05) is 0 Å². The first-order chi connectivity index (χ1) is 18.0. The van der Waals surface area contributed by atoms with Crippen LogP contribution in [0.3, 0.4) is 0 Å². The molecule has 0 aliphatic carbocycles. The summed E-state index contributed by atoms with van der Waals surface area (Å²) in [6.45, 7) is 5.99. The molecule has 38 heavy (non-hydrogen) atoms. The summed E-state index contributed by atoms with van der Waals surface area (Å²) in [5.41, 5.74) is 0.935. The summed E-state index contributed by atoms with van der Waals surface area (Å²) >= 11 is 0. The molecule has 1 aromatic carbocycles. The van der Waals surface area contributed by atoms with Gasteiger partial charge in [0, 0.05) is 38.6 Å². The first-order valence-electron chi connectivity index (χ1n) is 11.9. The number of fused-ring (bicyclic) bond motifs is 1. The van der Waals surface area contributed by atoms with Crippen LogP contribution in [0, 0.1) is 0 Å². The van der Waals surface area contributed by atoms with E-state index in [0.717, 1.165) is 20.8 Å². The van der Waals surface area contributed by atoms with Crippen molar-refractivity contribution in [3.8, 4) is 0 Å². The van der Waals surface area contributed by atoms with Gasteiger partial charge in [0.15, 0.2) is 24.5 Å². The molecule has 5 atom stereocenters. The molecular formula is C25H30N2O11. The second kappa shape index (κ2) is 12.4. The molecule has 1 saturated heterocycles. The Kier molecular flexibility index (Phi) is 9.29. The number of rotatable bonds is 9. The lowest BCUT2D eigenvalue weighted by molar-refractivity contribution is -0.247. The maximum absolute atomic E-state index is 12.8. The Hall–Kier alpha value is -4.13. The number of para-hydroxylation sites is 1. The summed E-state index contributed by atoms with van der Waals surface area (Å²) in [5, 5.41) is 3.64. The third-order valence-electron chi connectivity index (χ3n) is 5.46. The molecule has 2 N–H and O–H groups in total. The fourth-order valence-electron chi connectivity index (χ4n) is 4.14. The average Bonchev–Trinajstić information content (AvgIpc) is 3.19. The predicted octanol–water partition coefficient (Wildman–Crippen LogP) is 1.84. The van der Waals surface area contributed by atoms with Crippen molar-refractivity contribution >= 4 is 46.4 Å². The number of aromatic amines is 1. The van der Waals surface area contributed by atoms with E-state index in [1.165, 1.54) is 6.92 Å². The molecule has 1 aromatic heterocycles. The van der Waals surface area contributed by atoms with E-state index in [2.05, 4.69) is 10.3 Å². The van der Waals surface area contributed by atoms with Crippen molar-refractivity contribution < 1.29 is 52.4 Å². The highest BCUT2D eigenvalue weighted by Crippen LogP contribution is 2.34. The summed E-state index contributed by atoms with van der Waals surface area (Å²) in [6, 6.07) is 7.01. The molecule has 2 aromatic rings. The van der Waals surface area contributed by atoms with Crippen LogP contribution in [0.5, 0.6) is 0 Å². The van der Waals surface area contributed by atoms with Crippen molar-refractivity contribution in [1.29, 1.82) is 0 Å². The number of nitrogens with one attached hydrogen (secondary N) is 2. The van der Waals surface area contributed by atoms with E-state index in [-0.39, 0.29) is 24.6 Å². The zero-order valence-electron chi connectivity index (χ0n) is 21.6. The van der Waals surface area contributed by atoms with E-state index < -0.39 is 60.5 Å². The fraction of sp³-hybridized carbons (Fsp3) is 0.480. The van der Waals surface area contributed by atoms with E-state index in [1.54, 1.807) is 31.2 Å². The minimum atomic E-state index is -1.36. The number of carbonyl (C=O) groups is 5. The van der Waals surface area contributed by atoms with Gasteiger partial charge in [-0.15, -0.1) is 0 Å². The Balaban J connectivity index is 2.11. The SMILES string of the molecule is CCOC(=O)c1[nH]c2ccccc2c1N[C@H]1O[C@H](COC(C)=O)[C@@H](OC(C)=O)[C@H](OC(C)=O)[C@H]1OC(C)=O. The number of hydrogen-bond donors (Lipinski definition) is 2. The zero-order chi connectivity index (χ0) is 28.0. The van der Waals surface area contributed by atoms with Gasteiger partial charge in [0.1, 0.15) is 18.4 Å². The third kappa shape index (κ3) is 6.79. The minimum Gasteiger partial charge on any atom is -0.463 e. The first-order valence-corrected chi connectivity index (χ1v) is 11.9. The highest BCUT2D eigenvalue weighted by molar-refractivity contribution is 6.06. The standard InChI is InChI=1S/C25H30N2O11/c1-6-33-25(32)20-19(16-9-7-8-10-17(16)26-20)27-24-23(37-15(5)31)22(36-14(4)30)21(35-13(3)29)18(38-24)11-34-12(2)28/h7-10,18,21-24,26-27H,6,11H2,1-5H3/t18-,21-,22+,23-,24+/m1/s1. The Bertz CT molecular complexity index is 1210. The van der Waals surface area contributed by atoms with Crippen LogP contribution in [-0.2, 0) is 47.6 Å². The first kappa shape index (κ1) is 28.4. The second-order valence-corrected chi connectivity index (χ2v) is 8.41. The van der Waals surface area contributed by atoms with Gasteiger partial charge in [0.25, 0.3) is 0 Å². The molecule has 3 rings (SSSR count).